The normalized spacial score (nSPS) is 7.11. The van der Waals surface area contributed by atoms with E-state index in [1.165, 1.54) is 0 Å². The second kappa shape index (κ2) is 4.36. The summed E-state index contributed by atoms with van der Waals surface area (Å²) in [4.78, 5) is 19.1. The van der Waals surface area contributed by atoms with Crippen LogP contribution in [0.1, 0.15) is 0 Å². The molecule has 0 rings (SSSR count). The molecule has 0 atom stereocenters. The number of carbonyl (C=O) groups is 2. The Morgan fingerprint density at radius 2 is 1.44 bits per heavy atom. The van der Waals surface area contributed by atoms with Crippen molar-refractivity contribution in [3.8, 4) is 0 Å². The second-order valence-electron chi connectivity index (χ2n) is 0.938. The van der Waals surface area contributed by atoms with E-state index in [9.17, 15) is 9.59 Å². The summed E-state index contributed by atoms with van der Waals surface area (Å²) < 4.78 is 7.78. The Labute approximate surface area is 63.1 Å². The molecule has 0 heterocycles. The first-order valence-corrected chi connectivity index (χ1v) is 6.33. The van der Waals surface area contributed by atoms with E-state index in [1.54, 1.807) is 0 Å². The summed E-state index contributed by atoms with van der Waals surface area (Å²) >= 11 is -2.54. The van der Waals surface area contributed by atoms with Gasteiger partial charge in [-0.3, -0.25) is 0 Å². The van der Waals surface area contributed by atoms with E-state index < -0.39 is 37.8 Å². The molecule has 9 heavy (non-hydrogen) atoms. The molecule has 0 saturated heterocycles. The molecule has 0 aromatic carbocycles. The molecule has 0 radical (unpaired) electrons. The summed E-state index contributed by atoms with van der Waals surface area (Å²) in [6.45, 7) is 0. The average molecular weight is 323 g/mol. The van der Waals surface area contributed by atoms with Crippen molar-refractivity contribution in [2.45, 2.75) is 0 Å². The van der Waals surface area contributed by atoms with Gasteiger partial charge in [0.15, 0.2) is 0 Å². The van der Waals surface area contributed by atoms with Gasteiger partial charge >= 0.3 is 62.9 Å². The Hall–Kier alpha value is -0.525. The zero-order chi connectivity index (χ0) is 7.28. The Balaban J connectivity index is 3.10. The third-order valence-electron chi connectivity index (χ3n) is 0.365. The predicted octanol–water partition coefficient (Wildman–Crippen LogP) is 0.288. The number of hydrogen-bond donors (Lipinski definition) is 2. The van der Waals surface area contributed by atoms with Crippen LogP contribution in [0.5, 0.6) is 0 Å². The molecule has 0 spiro atoms. The molecule has 7 heteroatoms. The van der Waals surface area contributed by atoms with Crippen molar-refractivity contribution in [1.82, 2.24) is 0 Å². The second-order valence-corrected chi connectivity index (χ2v) is 4.10. The van der Waals surface area contributed by atoms with Gasteiger partial charge in [0.25, 0.3) is 0 Å². The van der Waals surface area contributed by atoms with Gasteiger partial charge in [-0.05, 0) is 0 Å². The molecule has 0 aromatic rings. The van der Waals surface area contributed by atoms with Gasteiger partial charge in [0.05, 0.1) is 0 Å². The standard InChI is InChI=1S/2CH2O3.Hg/c2*2-1(3)4;/h2*(H2,2,3,4);/q;;+2/p-2. The van der Waals surface area contributed by atoms with E-state index >= 15 is 0 Å². The maximum atomic E-state index is 9.54. The van der Waals surface area contributed by atoms with Crippen LogP contribution in [0.3, 0.4) is 0 Å². The molecule has 0 aliphatic carbocycles. The zero-order valence-electron chi connectivity index (χ0n) is 4.23. The van der Waals surface area contributed by atoms with Gasteiger partial charge < -0.3 is 0 Å². The van der Waals surface area contributed by atoms with Gasteiger partial charge in [-0.1, -0.05) is 0 Å². The fraction of sp³-hybridized carbons (Fsp3) is 0. The van der Waals surface area contributed by atoms with Crippen molar-refractivity contribution in [3.63, 3.8) is 0 Å². The topological polar surface area (TPSA) is 93.1 Å². The first kappa shape index (κ1) is 8.48. The van der Waals surface area contributed by atoms with E-state index in [0.717, 1.165) is 0 Å². The van der Waals surface area contributed by atoms with E-state index in [1.807, 2.05) is 0 Å². The molecule has 0 aromatic heterocycles. The maximum absolute atomic E-state index is 9.54. The van der Waals surface area contributed by atoms with Gasteiger partial charge in [0, 0.05) is 0 Å². The fourth-order valence-electron chi connectivity index (χ4n) is 0.130. The van der Waals surface area contributed by atoms with Crippen LogP contribution in [0.15, 0.2) is 0 Å². The van der Waals surface area contributed by atoms with Crippen LogP contribution in [-0.2, 0) is 30.8 Å². The van der Waals surface area contributed by atoms with Crippen LogP contribution in [0.2, 0.25) is 0 Å². The van der Waals surface area contributed by atoms with Gasteiger partial charge in [-0.15, -0.1) is 0 Å². The summed E-state index contributed by atoms with van der Waals surface area (Å²) in [5.41, 5.74) is 0. The molecule has 0 fully saturated rings. The zero-order valence-corrected chi connectivity index (χ0v) is 9.73. The molecule has 6 nitrogen and oxygen atoms in total. The Morgan fingerprint density at radius 1 is 1.11 bits per heavy atom. The molecule has 0 aliphatic heterocycles. The monoisotopic (exact) mass is 324 g/mol. The summed E-state index contributed by atoms with van der Waals surface area (Å²) in [6.07, 6.45) is -2.95. The molecule has 0 unspecified atom stereocenters. The van der Waals surface area contributed by atoms with Crippen LogP contribution in [0.25, 0.3) is 0 Å². The first-order valence-electron chi connectivity index (χ1n) is 1.84. The number of carboxylic acid groups (broad SMARTS) is 2. The van der Waals surface area contributed by atoms with Crippen LogP contribution >= 0.6 is 0 Å². The van der Waals surface area contributed by atoms with Crippen molar-refractivity contribution in [1.29, 1.82) is 0 Å². The van der Waals surface area contributed by atoms with E-state index in [4.69, 9.17) is 10.2 Å². The number of rotatable bonds is 2. The Bertz CT molecular complexity index is 106. The van der Waals surface area contributed by atoms with Gasteiger partial charge in [-0.25, -0.2) is 0 Å². The summed E-state index contributed by atoms with van der Waals surface area (Å²) in [6, 6.07) is 0. The summed E-state index contributed by atoms with van der Waals surface area (Å²) in [5.74, 6) is 0. The van der Waals surface area contributed by atoms with Gasteiger partial charge in [-0.2, -0.15) is 0 Å². The molecule has 2 N–H and O–H groups in total. The van der Waals surface area contributed by atoms with Crippen molar-refractivity contribution >= 4 is 12.3 Å². The average Bonchev–Trinajstić information content (AvgIpc) is 1.63. The quantitative estimate of drug-likeness (QED) is 0.710. The summed E-state index contributed by atoms with van der Waals surface area (Å²) in [5, 5.41) is 15.6. The molecule has 0 amide bonds. The van der Waals surface area contributed by atoms with Crippen molar-refractivity contribution in [2.24, 2.45) is 0 Å². The Morgan fingerprint density at radius 3 is 1.67 bits per heavy atom. The van der Waals surface area contributed by atoms with Gasteiger partial charge in [0.1, 0.15) is 0 Å². The minimum atomic E-state index is -2.54. The van der Waals surface area contributed by atoms with Crippen LogP contribution in [0.4, 0.5) is 9.59 Å². The van der Waals surface area contributed by atoms with Gasteiger partial charge in [0.2, 0.25) is 0 Å². The minimum absolute atomic E-state index is 1.47. The molecular formula is C2H2HgO6. The first-order chi connectivity index (χ1) is 4.13. The predicted molar refractivity (Wildman–Crippen MR) is 18.2 cm³/mol. The number of hydrogen-bond acceptors (Lipinski definition) is 4. The van der Waals surface area contributed by atoms with Crippen molar-refractivity contribution < 1.29 is 50.6 Å². The van der Waals surface area contributed by atoms with E-state index in [2.05, 4.69) is 5.29 Å². The molecule has 48 valence electrons. The van der Waals surface area contributed by atoms with Crippen LogP contribution in [-0.4, -0.2) is 22.5 Å². The SMILES string of the molecule is O=C(O)[O][Hg][O]C(=O)O. The molecular weight excluding hydrogens is 321 g/mol. The Kier molecular flexibility index (Phi) is 4.11. The molecule has 0 saturated carbocycles. The third kappa shape index (κ3) is 7.48. The third-order valence-corrected chi connectivity index (χ3v) is 3.20. The van der Waals surface area contributed by atoms with E-state index in [0.29, 0.717) is 0 Å². The van der Waals surface area contributed by atoms with Crippen molar-refractivity contribution in [2.75, 3.05) is 0 Å². The van der Waals surface area contributed by atoms with Crippen LogP contribution in [0, 0.1) is 0 Å². The molecule has 0 bridgehead atoms. The van der Waals surface area contributed by atoms with Crippen molar-refractivity contribution in [3.05, 3.63) is 0 Å². The van der Waals surface area contributed by atoms with E-state index in [-0.39, 0.29) is 0 Å². The summed E-state index contributed by atoms with van der Waals surface area (Å²) in [7, 11) is 0. The fourth-order valence-corrected chi connectivity index (χ4v) is 1.14. The van der Waals surface area contributed by atoms with Crippen LogP contribution < -0.4 is 0 Å². The molecule has 0 aliphatic rings.